The van der Waals surface area contributed by atoms with Crippen LogP contribution >= 0.6 is 0 Å². The first-order valence-corrected chi connectivity index (χ1v) is 6.61. The first-order valence-electron chi connectivity index (χ1n) is 6.61. The van der Waals surface area contributed by atoms with Crippen LogP contribution < -0.4 is 4.90 Å². The van der Waals surface area contributed by atoms with Crippen molar-refractivity contribution in [2.45, 2.75) is 19.8 Å². The molecule has 0 aromatic carbocycles. The van der Waals surface area contributed by atoms with Crippen LogP contribution in [0.2, 0.25) is 0 Å². The molecule has 6 nitrogen and oxygen atoms in total. The Bertz CT molecular complexity index is 411. The van der Waals surface area contributed by atoms with Crippen LogP contribution in [-0.2, 0) is 9.47 Å². The lowest BCUT2D eigenvalue weighted by atomic mass is 9.98. The molecule has 2 heterocycles. The summed E-state index contributed by atoms with van der Waals surface area (Å²) in [5, 5.41) is 0. The molecule has 106 valence electrons. The summed E-state index contributed by atoms with van der Waals surface area (Å²) >= 11 is 0. The summed E-state index contributed by atoms with van der Waals surface area (Å²) in [6, 6.07) is 0.499. The number of piperidine rings is 1. The molecule has 1 saturated heterocycles. The molecular formula is C13H20N2O4. The summed E-state index contributed by atoms with van der Waals surface area (Å²) in [4.78, 5) is 17.7. The van der Waals surface area contributed by atoms with Crippen molar-refractivity contribution < 1.29 is 18.7 Å². The molecule has 0 aliphatic carbocycles. The fourth-order valence-corrected chi connectivity index (χ4v) is 2.23. The van der Waals surface area contributed by atoms with E-state index < -0.39 is 5.97 Å². The molecule has 1 aromatic rings. The number of nitrogens with zero attached hydrogens (tertiary/aromatic N) is 2. The second-order valence-corrected chi connectivity index (χ2v) is 4.62. The van der Waals surface area contributed by atoms with Crippen LogP contribution in [0.25, 0.3) is 0 Å². The molecule has 0 unspecified atom stereocenters. The van der Waals surface area contributed by atoms with Gasteiger partial charge in [-0.3, -0.25) is 0 Å². The number of anilines is 1. The van der Waals surface area contributed by atoms with Crippen molar-refractivity contribution in [2.75, 3.05) is 38.3 Å². The van der Waals surface area contributed by atoms with Crippen LogP contribution in [0.3, 0.4) is 0 Å². The van der Waals surface area contributed by atoms with E-state index in [4.69, 9.17) is 13.9 Å². The minimum Gasteiger partial charge on any atom is -0.461 e. The maximum Gasteiger partial charge on any atom is 0.360 e. The summed E-state index contributed by atoms with van der Waals surface area (Å²) < 4.78 is 15.4. The van der Waals surface area contributed by atoms with Crippen LogP contribution in [0.1, 0.15) is 30.3 Å². The Labute approximate surface area is 112 Å². The number of carbonyl (C=O) groups excluding carboxylic acids is 1. The van der Waals surface area contributed by atoms with E-state index in [2.05, 4.69) is 9.88 Å². The average Bonchev–Trinajstić information content (AvgIpc) is 2.90. The van der Waals surface area contributed by atoms with Gasteiger partial charge >= 0.3 is 5.97 Å². The minimum atomic E-state index is -0.438. The minimum absolute atomic E-state index is 0.232. The lowest BCUT2D eigenvalue weighted by Crippen LogP contribution is -2.35. The van der Waals surface area contributed by atoms with Gasteiger partial charge in [0.25, 0.3) is 6.01 Å². The molecule has 1 fully saturated rings. The van der Waals surface area contributed by atoms with Crippen molar-refractivity contribution in [2.24, 2.45) is 5.92 Å². The number of methoxy groups -OCH3 is 1. The molecule has 0 atom stereocenters. The van der Waals surface area contributed by atoms with Gasteiger partial charge < -0.3 is 18.8 Å². The normalized spacial score (nSPS) is 16.6. The third-order valence-electron chi connectivity index (χ3n) is 3.26. The number of esters is 1. The predicted octanol–water partition coefficient (Wildman–Crippen LogP) is 1.71. The molecule has 0 N–H and O–H groups in total. The summed E-state index contributed by atoms with van der Waals surface area (Å²) in [5.41, 5.74) is 0.232. The topological polar surface area (TPSA) is 64.8 Å². The third kappa shape index (κ3) is 3.47. The van der Waals surface area contributed by atoms with E-state index in [1.807, 2.05) is 0 Å². The quantitative estimate of drug-likeness (QED) is 0.757. The number of carbonyl (C=O) groups is 1. The van der Waals surface area contributed by atoms with Crippen LogP contribution in [0.5, 0.6) is 0 Å². The summed E-state index contributed by atoms with van der Waals surface area (Å²) in [6.07, 6.45) is 3.45. The molecule has 1 aliphatic heterocycles. The van der Waals surface area contributed by atoms with Gasteiger partial charge in [-0.05, 0) is 25.7 Å². The Morgan fingerprint density at radius 2 is 2.26 bits per heavy atom. The maximum absolute atomic E-state index is 11.5. The van der Waals surface area contributed by atoms with Crippen LogP contribution in [0.4, 0.5) is 6.01 Å². The highest BCUT2D eigenvalue weighted by Crippen LogP contribution is 2.23. The van der Waals surface area contributed by atoms with Gasteiger partial charge in [-0.2, -0.15) is 4.98 Å². The van der Waals surface area contributed by atoms with E-state index in [0.29, 0.717) is 18.5 Å². The maximum atomic E-state index is 11.5. The van der Waals surface area contributed by atoms with Crippen LogP contribution in [0.15, 0.2) is 10.7 Å². The van der Waals surface area contributed by atoms with Gasteiger partial charge in [0.15, 0.2) is 5.69 Å². The molecular weight excluding hydrogens is 248 g/mol. The van der Waals surface area contributed by atoms with Crippen molar-refractivity contribution in [3.05, 3.63) is 12.0 Å². The molecule has 0 bridgehead atoms. The second kappa shape index (κ2) is 6.56. The fraction of sp³-hybridized carbons (Fsp3) is 0.692. The molecule has 0 amide bonds. The molecule has 19 heavy (non-hydrogen) atoms. The Morgan fingerprint density at radius 1 is 1.53 bits per heavy atom. The summed E-state index contributed by atoms with van der Waals surface area (Å²) in [7, 11) is 1.73. The number of hydrogen-bond donors (Lipinski definition) is 0. The van der Waals surface area contributed by atoms with Crippen LogP contribution in [-0.4, -0.2) is 44.4 Å². The number of oxazole rings is 1. The van der Waals surface area contributed by atoms with Crippen molar-refractivity contribution in [3.63, 3.8) is 0 Å². The van der Waals surface area contributed by atoms with E-state index in [9.17, 15) is 4.79 Å². The smallest absolute Gasteiger partial charge is 0.360 e. The summed E-state index contributed by atoms with van der Waals surface area (Å²) in [5.74, 6) is 0.160. The first-order chi connectivity index (χ1) is 9.24. The lowest BCUT2D eigenvalue weighted by Gasteiger charge is -2.30. The van der Waals surface area contributed by atoms with Crippen LogP contribution in [0, 0.1) is 5.92 Å². The van der Waals surface area contributed by atoms with Gasteiger partial charge in [0.1, 0.15) is 6.26 Å². The Kier molecular flexibility index (Phi) is 4.79. The molecule has 1 aliphatic rings. The number of ether oxygens (including phenoxy) is 2. The third-order valence-corrected chi connectivity index (χ3v) is 3.26. The average molecular weight is 268 g/mol. The summed E-state index contributed by atoms with van der Waals surface area (Å²) in [6.45, 7) is 4.64. The van der Waals surface area contributed by atoms with E-state index in [1.54, 1.807) is 14.0 Å². The zero-order valence-corrected chi connectivity index (χ0v) is 11.4. The highest BCUT2D eigenvalue weighted by Gasteiger charge is 2.23. The van der Waals surface area contributed by atoms with E-state index >= 15 is 0 Å². The SMILES string of the molecule is CCOC(=O)c1coc(N2CCC(COC)CC2)n1. The van der Waals surface area contributed by atoms with Gasteiger partial charge in [-0.15, -0.1) is 0 Å². The van der Waals surface area contributed by atoms with Gasteiger partial charge in [0.05, 0.1) is 6.61 Å². The second-order valence-electron chi connectivity index (χ2n) is 4.62. The standard InChI is InChI=1S/C13H20N2O4/c1-3-18-12(16)11-9-19-13(14-11)15-6-4-10(5-7-15)8-17-2/h9-10H,3-8H2,1-2H3. The molecule has 6 heteroatoms. The molecule has 0 saturated carbocycles. The van der Waals surface area contributed by atoms with E-state index in [0.717, 1.165) is 32.5 Å². The number of rotatable bonds is 5. The van der Waals surface area contributed by atoms with Crippen molar-refractivity contribution >= 4 is 12.0 Å². The highest BCUT2D eigenvalue weighted by molar-refractivity contribution is 5.87. The van der Waals surface area contributed by atoms with E-state index in [-0.39, 0.29) is 5.69 Å². The van der Waals surface area contributed by atoms with Crippen molar-refractivity contribution in [3.8, 4) is 0 Å². The Balaban J connectivity index is 1.91. The van der Waals surface area contributed by atoms with E-state index in [1.165, 1.54) is 6.26 Å². The molecule has 1 aromatic heterocycles. The Morgan fingerprint density at radius 3 is 2.89 bits per heavy atom. The number of aromatic nitrogens is 1. The highest BCUT2D eigenvalue weighted by atomic mass is 16.5. The van der Waals surface area contributed by atoms with Gasteiger partial charge in [0.2, 0.25) is 0 Å². The van der Waals surface area contributed by atoms with Gasteiger partial charge in [0, 0.05) is 26.8 Å². The predicted molar refractivity (Wildman–Crippen MR) is 69.3 cm³/mol. The number of hydrogen-bond acceptors (Lipinski definition) is 6. The molecule has 0 radical (unpaired) electrons. The van der Waals surface area contributed by atoms with Crippen molar-refractivity contribution in [1.29, 1.82) is 0 Å². The Hall–Kier alpha value is -1.56. The molecule has 0 spiro atoms. The lowest BCUT2D eigenvalue weighted by molar-refractivity contribution is 0.0519. The van der Waals surface area contributed by atoms with Gasteiger partial charge in [-0.1, -0.05) is 0 Å². The zero-order valence-electron chi connectivity index (χ0n) is 11.4. The van der Waals surface area contributed by atoms with Gasteiger partial charge in [-0.25, -0.2) is 4.79 Å². The first kappa shape index (κ1) is 13.9. The fourth-order valence-electron chi connectivity index (χ4n) is 2.23. The zero-order chi connectivity index (χ0) is 13.7. The van der Waals surface area contributed by atoms with Crippen molar-refractivity contribution in [1.82, 2.24) is 4.98 Å². The molecule has 2 rings (SSSR count). The largest absolute Gasteiger partial charge is 0.461 e. The monoisotopic (exact) mass is 268 g/mol.